The van der Waals surface area contributed by atoms with Crippen LogP contribution in [0.1, 0.15) is 35.2 Å². The third-order valence-corrected chi connectivity index (χ3v) is 4.30. The van der Waals surface area contributed by atoms with Gasteiger partial charge in [0.1, 0.15) is 5.82 Å². The summed E-state index contributed by atoms with van der Waals surface area (Å²) in [6.45, 7) is 1.14. The number of nitrogens with one attached hydrogen (secondary N) is 1. The molecule has 110 valence electrons. The lowest BCUT2D eigenvalue weighted by Gasteiger charge is -2.47. The van der Waals surface area contributed by atoms with Crippen molar-refractivity contribution in [1.29, 1.82) is 0 Å². The Morgan fingerprint density at radius 1 is 1.45 bits per heavy atom. The Kier molecular flexibility index (Phi) is 4.40. The normalized spacial score (nSPS) is 17.0. The number of carboxylic acids is 1. The van der Waals surface area contributed by atoms with Crippen molar-refractivity contribution in [3.05, 3.63) is 35.1 Å². The molecule has 1 aromatic rings. The molecule has 20 heavy (non-hydrogen) atoms. The molecular formula is C15H21FN2O2. The molecule has 1 aliphatic carbocycles. The molecule has 0 bridgehead atoms. The second kappa shape index (κ2) is 5.89. The lowest BCUT2D eigenvalue weighted by Crippen LogP contribution is -2.56. The number of aromatic carboxylic acids is 1. The van der Waals surface area contributed by atoms with Gasteiger partial charge in [0.2, 0.25) is 0 Å². The summed E-state index contributed by atoms with van der Waals surface area (Å²) in [4.78, 5) is 13.1. The van der Waals surface area contributed by atoms with Gasteiger partial charge in [0, 0.05) is 24.2 Å². The van der Waals surface area contributed by atoms with Crippen LogP contribution in [0.2, 0.25) is 0 Å². The minimum atomic E-state index is -1.03. The van der Waals surface area contributed by atoms with Crippen LogP contribution in [0, 0.1) is 5.82 Å². The predicted octanol–water partition coefficient (Wildman–Crippen LogP) is 2.10. The van der Waals surface area contributed by atoms with Crippen LogP contribution in [-0.4, -0.2) is 42.2 Å². The maximum Gasteiger partial charge on any atom is 0.335 e. The van der Waals surface area contributed by atoms with E-state index in [1.807, 2.05) is 0 Å². The molecule has 0 aromatic heterocycles. The molecule has 0 saturated heterocycles. The van der Waals surface area contributed by atoms with Gasteiger partial charge >= 0.3 is 5.97 Å². The summed E-state index contributed by atoms with van der Waals surface area (Å²) in [6.07, 6.45) is 3.51. The second-order valence-electron chi connectivity index (χ2n) is 5.69. The van der Waals surface area contributed by atoms with Gasteiger partial charge < -0.3 is 15.3 Å². The lowest BCUT2D eigenvalue weighted by atomic mass is 9.75. The van der Waals surface area contributed by atoms with E-state index in [1.54, 1.807) is 0 Å². The smallest absolute Gasteiger partial charge is 0.335 e. The van der Waals surface area contributed by atoms with Crippen LogP contribution in [0.3, 0.4) is 0 Å². The molecule has 4 nitrogen and oxygen atoms in total. The van der Waals surface area contributed by atoms with Crippen molar-refractivity contribution in [2.24, 2.45) is 0 Å². The van der Waals surface area contributed by atoms with Crippen LogP contribution >= 0.6 is 0 Å². The van der Waals surface area contributed by atoms with Gasteiger partial charge in [-0.15, -0.1) is 0 Å². The van der Waals surface area contributed by atoms with E-state index in [-0.39, 0.29) is 16.9 Å². The van der Waals surface area contributed by atoms with E-state index in [4.69, 9.17) is 5.11 Å². The predicted molar refractivity (Wildman–Crippen MR) is 75.3 cm³/mol. The molecular weight excluding hydrogens is 259 g/mol. The average molecular weight is 280 g/mol. The summed E-state index contributed by atoms with van der Waals surface area (Å²) in [5.74, 6) is -1.40. The zero-order chi connectivity index (χ0) is 14.8. The molecule has 0 radical (unpaired) electrons. The van der Waals surface area contributed by atoms with Gasteiger partial charge in [-0.25, -0.2) is 9.18 Å². The highest BCUT2D eigenvalue weighted by Gasteiger charge is 2.38. The van der Waals surface area contributed by atoms with E-state index < -0.39 is 5.97 Å². The number of nitrogens with zero attached hydrogens (tertiary/aromatic N) is 1. The van der Waals surface area contributed by atoms with Crippen molar-refractivity contribution in [3.8, 4) is 0 Å². The number of carbonyl (C=O) groups is 1. The van der Waals surface area contributed by atoms with E-state index in [1.165, 1.54) is 24.6 Å². The minimum absolute atomic E-state index is 0.120. The zero-order valence-electron chi connectivity index (χ0n) is 11.9. The molecule has 0 spiro atoms. The van der Waals surface area contributed by atoms with Crippen LogP contribution < -0.4 is 5.32 Å². The van der Waals surface area contributed by atoms with Gasteiger partial charge in [-0.3, -0.25) is 0 Å². The molecule has 0 atom stereocenters. The first-order valence-corrected chi connectivity index (χ1v) is 6.84. The fraction of sp³-hybridized carbons (Fsp3) is 0.533. The molecule has 2 N–H and O–H groups in total. The summed E-state index contributed by atoms with van der Waals surface area (Å²) in [5, 5.41) is 12.2. The monoisotopic (exact) mass is 280 g/mol. The fourth-order valence-corrected chi connectivity index (χ4v) is 2.64. The van der Waals surface area contributed by atoms with Crippen molar-refractivity contribution >= 4 is 5.97 Å². The molecule has 1 fully saturated rings. The summed E-state index contributed by atoms with van der Waals surface area (Å²) in [5.41, 5.74) is 0.688. The van der Waals surface area contributed by atoms with Crippen molar-refractivity contribution < 1.29 is 14.3 Å². The number of benzene rings is 1. The Morgan fingerprint density at radius 2 is 2.15 bits per heavy atom. The highest BCUT2D eigenvalue weighted by atomic mass is 19.1. The quantitative estimate of drug-likeness (QED) is 0.838. The van der Waals surface area contributed by atoms with Crippen LogP contribution in [0.15, 0.2) is 18.2 Å². The minimum Gasteiger partial charge on any atom is -0.478 e. The molecule has 0 amide bonds. The maximum atomic E-state index is 13.7. The summed E-state index contributed by atoms with van der Waals surface area (Å²) in [7, 11) is 4.12. The van der Waals surface area contributed by atoms with Crippen molar-refractivity contribution in [1.82, 2.24) is 10.2 Å². The topological polar surface area (TPSA) is 52.6 Å². The standard InChI is InChI=1S/C15H21FN2O2/c1-18(2)15(6-3-7-15)10-17-9-12-8-11(14(19)20)4-5-13(12)16/h4-5,8,17H,3,6-7,9-10H2,1-2H3,(H,19,20). The Labute approximate surface area is 118 Å². The molecule has 2 rings (SSSR count). The Morgan fingerprint density at radius 3 is 2.65 bits per heavy atom. The highest BCUT2D eigenvalue weighted by molar-refractivity contribution is 5.87. The zero-order valence-corrected chi connectivity index (χ0v) is 11.9. The molecule has 1 aromatic carbocycles. The van der Waals surface area contributed by atoms with Crippen LogP contribution in [-0.2, 0) is 6.54 Å². The Hall–Kier alpha value is -1.46. The van der Waals surface area contributed by atoms with Crippen molar-refractivity contribution in [3.63, 3.8) is 0 Å². The number of rotatable bonds is 6. The molecule has 0 heterocycles. The summed E-state index contributed by atoms with van der Waals surface area (Å²) < 4.78 is 13.7. The number of likely N-dealkylation sites (N-methyl/N-ethyl adjacent to an activating group) is 1. The molecule has 0 aliphatic heterocycles. The molecule has 1 aliphatic rings. The average Bonchev–Trinajstić information content (AvgIpc) is 2.33. The fourth-order valence-electron chi connectivity index (χ4n) is 2.64. The van der Waals surface area contributed by atoms with E-state index in [2.05, 4.69) is 24.3 Å². The highest BCUT2D eigenvalue weighted by Crippen LogP contribution is 2.35. The molecule has 5 heteroatoms. The number of hydrogen-bond acceptors (Lipinski definition) is 3. The lowest BCUT2D eigenvalue weighted by molar-refractivity contribution is 0.0597. The van der Waals surface area contributed by atoms with Gasteiger partial charge in [-0.05, 0) is 51.6 Å². The largest absolute Gasteiger partial charge is 0.478 e. The number of carboxylic acid groups (broad SMARTS) is 1. The summed E-state index contributed by atoms with van der Waals surface area (Å²) >= 11 is 0. The molecule has 1 saturated carbocycles. The van der Waals surface area contributed by atoms with E-state index in [9.17, 15) is 9.18 Å². The third kappa shape index (κ3) is 2.99. The van der Waals surface area contributed by atoms with Gasteiger partial charge in [-0.1, -0.05) is 0 Å². The maximum absolute atomic E-state index is 13.7. The first-order valence-electron chi connectivity index (χ1n) is 6.84. The third-order valence-electron chi connectivity index (χ3n) is 4.30. The van der Waals surface area contributed by atoms with Gasteiger partial charge in [0.25, 0.3) is 0 Å². The van der Waals surface area contributed by atoms with E-state index >= 15 is 0 Å². The van der Waals surface area contributed by atoms with Gasteiger partial charge in [0.05, 0.1) is 5.56 Å². The first-order chi connectivity index (χ1) is 9.44. The molecule has 0 unspecified atom stereocenters. The number of halogens is 1. The van der Waals surface area contributed by atoms with Crippen molar-refractivity contribution in [2.45, 2.75) is 31.3 Å². The van der Waals surface area contributed by atoms with Gasteiger partial charge in [0.15, 0.2) is 0 Å². The summed E-state index contributed by atoms with van der Waals surface area (Å²) in [6, 6.07) is 3.90. The second-order valence-corrected chi connectivity index (χ2v) is 5.69. The Bertz CT molecular complexity index is 499. The van der Waals surface area contributed by atoms with Crippen LogP contribution in [0.4, 0.5) is 4.39 Å². The first kappa shape index (κ1) is 14.9. The van der Waals surface area contributed by atoms with Gasteiger partial charge in [-0.2, -0.15) is 0 Å². The van der Waals surface area contributed by atoms with E-state index in [0.717, 1.165) is 19.4 Å². The number of hydrogen-bond donors (Lipinski definition) is 2. The Balaban J connectivity index is 1.97. The van der Waals surface area contributed by atoms with E-state index in [0.29, 0.717) is 12.1 Å². The van der Waals surface area contributed by atoms with Crippen LogP contribution in [0.25, 0.3) is 0 Å². The van der Waals surface area contributed by atoms with Crippen LogP contribution in [0.5, 0.6) is 0 Å². The SMILES string of the molecule is CN(C)C1(CNCc2cc(C(=O)O)ccc2F)CCC1. The van der Waals surface area contributed by atoms with Crippen molar-refractivity contribution in [2.75, 3.05) is 20.6 Å².